The Bertz CT molecular complexity index is 418. The highest BCUT2D eigenvalue weighted by Gasteiger charge is 2.13. The molecule has 2 N–H and O–H groups in total. The van der Waals surface area contributed by atoms with Gasteiger partial charge in [-0.1, -0.05) is 19.1 Å². The van der Waals surface area contributed by atoms with E-state index in [1.165, 1.54) is 0 Å². The van der Waals surface area contributed by atoms with Crippen LogP contribution in [0.1, 0.15) is 23.7 Å². The van der Waals surface area contributed by atoms with Crippen molar-refractivity contribution in [3.63, 3.8) is 0 Å². The Morgan fingerprint density at radius 3 is 2.65 bits per heavy atom. The maximum Gasteiger partial charge on any atom is 0.322 e. The molecule has 0 bridgehead atoms. The number of para-hydroxylation sites is 1. The third kappa shape index (κ3) is 4.48. The molecule has 92 valence electrons. The smallest absolute Gasteiger partial charge is 0.322 e. The largest absolute Gasteiger partial charge is 0.480 e. The van der Waals surface area contributed by atoms with E-state index in [0.29, 0.717) is 17.7 Å². The van der Waals surface area contributed by atoms with Gasteiger partial charge in [0.1, 0.15) is 6.54 Å². The van der Waals surface area contributed by atoms with Gasteiger partial charge < -0.3 is 10.4 Å². The summed E-state index contributed by atoms with van der Waals surface area (Å²) >= 11 is 4.17. The Hall–Kier alpha value is -1.49. The molecule has 0 saturated heterocycles. The summed E-state index contributed by atoms with van der Waals surface area (Å²) in [5.74, 6) is -1.00. The molecule has 1 aromatic carbocycles. The van der Waals surface area contributed by atoms with Gasteiger partial charge >= 0.3 is 5.97 Å². The quantitative estimate of drug-likeness (QED) is 0.536. The highest BCUT2D eigenvalue weighted by molar-refractivity contribution is 7.80. The van der Waals surface area contributed by atoms with E-state index in [9.17, 15) is 9.59 Å². The van der Waals surface area contributed by atoms with Crippen LogP contribution in [0.3, 0.4) is 0 Å². The van der Waals surface area contributed by atoms with Crippen molar-refractivity contribution in [2.45, 2.75) is 18.6 Å². The predicted molar refractivity (Wildman–Crippen MR) is 70.0 cm³/mol. The average Bonchev–Trinajstić information content (AvgIpc) is 2.25. The van der Waals surface area contributed by atoms with E-state index in [0.717, 1.165) is 0 Å². The highest BCUT2D eigenvalue weighted by atomic mass is 32.1. The zero-order chi connectivity index (χ0) is 12.8. The molecule has 4 nitrogen and oxygen atoms in total. The molecule has 1 aromatic rings. The van der Waals surface area contributed by atoms with Crippen molar-refractivity contribution in [1.82, 2.24) is 0 Å². The van der Waals surface area contributed by atoms with Crippen LogP contribution in [0.2, 0.25) is 0 Å². The number of anilines is 1. The molecule has 1 unspecified atom stereocenters. The zero-order valence-electron chi connectivity index (χ0n) is 9.51. The van der Waals surface area contributed by atoms with Crippen LogP contribution < -0.4 is 5.32 Å². The van der Waals surface area contributed by atoms with Crippen molar-refractivity contribution in [1.29, 1.82) is 0 Å². The van der Waals surface area contributed by atoms with Crippen LogP contribution >= 0.6 is 12.6 Å². The molecular formula is C12H15NO3S. The molecule has 0 aliphatic heterocycles. The van der Waals surface area contributed by atoms with Crippen LogP contribution in [0.4, 0.5) is 5.69 Å². The second kappa shape index (κ2) is 6.30. The SMILES string of the molecule is CC(S)CC(=O)c1ccccc1NCC(=O)O. The van der Waals surface area contributed by atoms with Crippen molar-refractivity contribution in [3.05, 3.63) is 29.8 Å². The molecule has 0 saturated carbocycles. The van der Waals surface area contributed by atoms with E-state index in [1.807, 2.05) is 6.92 Å². The molecule has 0 spiro atoms. The first kappa shape index (κ1) is 13.6. The molecule has 1 atom stereocenters. The maximum absolute atomic E-state index is 11.9. The average molecular weight is 253 g/mol. The summed E-state index contributed by atoms with van der Waals surface area (Å²) in [4.78, 5) is 22.4. The maximum atomic E-state index is 11.9. The number of rotatable bonds is 6. The minimum absolute atomic E-state index is 0.0185. The number of hydrogen-bond donors (Lipinski definition) is 3. The minimum Gasteiger partial charge on any atom is -0.480 e. The molecule has 0 amide bonds. The lowest BCUT2D eigenvalue weighted by atomic mass is 10.0. The van der Waals surface area contributed by atoms with Gasteiger partial charge in [-0.05, 0) is 12.1 Å². The van der Waals surface area contributed by atoms with Crippen molar-refractivity contribution < 1.29 is 14.7 Å². The third-order valence-corrected chi connectivity index (χ3v) is 2.32. The first-order chi connectivity index (χ1) is 8.00. The topological polar surface area (TPSA) is 66.4 Å². The van der Waals surface area contributed by atoms with E-state index < -0.39 is 5.97 Å². The molecule has 0 aliphatic rings. The number of benzene rings is 1. The molecule has 5 heteroatoms. The van der Waals surface area contributed by atoms with Crippen molar-refractivity contribution >= 4 is 30.1 Å². The Labute approximate surface area is 105 Å². The third-order valence-electron chi connectivity index (χ3n) is 2.14. The van der Waals surface area contributed by atoms with Crippen LogP contribution in [0, 0.1) is 0 Å². The summed E-state index contributed by atoms with van der Waals surface area (Å²) in [5, 5.41) is 11.3. The summed E-state index contributed by atoms with van der Waals surface area (Å²) in [5.41, 5.74) is 1.06. The lowest BCUT2D eigenvalue weighted by Crippen LogP contribution is -2.15. The van der Waals surface area contributed by atoms with Gasteiger partial charge in [0.2, 0.25) is 0 Å². The van der Waals surface area contributed by atoms with Crippen molar-refractivity contribution in [2.75, 3.05) is 11.9 Å². The Morgan fingerprint density at radius 2 is 2.06 bits per heavy atom. The number of nitrogens with one attached hydrogen (secondary N) is 1. The van der Waals surface area contributed by atoms with Crippen molar-refractivity contribution in [3.8, 4) is 0 Å². The molecule has 0 fully saturated rings. The lowest BCUT2D eigenvalue weighted by molar-refractivity contribution is -0.134. The zero-order valence-corrected chi connectivity index (χ0v) is 10.4. The number of ketones is 1. The number of carboxylic acid groups (broad SMARTS) is 1. The van der Waals surface area contributed by atoms with Gasteiger partial charge in [0, 0.05) is 22.9 Å². The van der Waals surface area contributed by atoms with E-state index >= 15 is 0 Å². The molecule has 17 heavy (non-hydrogen) atoms. The number of hydrogen-bond acceptors (Lipinski definition) is 4. The Balaban J connectivity index is 2.83. The summed E-state index contributed by atoms with van der Waals surface area (Å²) in [6.07, 6.45) is 0.328. The monoisotopic (exact) mass is 253 g/mol. The molecular weight excluding hydrogens is 238 g/mol. The number of carbonyl (C=O) groups excluding carboxylic acids is 1. The van der Waals surface area contributed by atoms with Crippen LogP contribution in [-0.2, 0) is 4.79 Å². The molecule has 0 aliphatic carbocycles. The summed E-state index contributed by atoms with van der Waals surface area (Å²) in [6.45, 7) is 1.63. The lowest BCUT2D eigenvalue weighted by Gasteiger charge is -2.10. The van der Waals surface area contributed by atoms with Gasteiger partial charge in [0.05, 0.1) is 0 Å². The summed E-state index contributed by atoms with van der Waals surface area (Å²) in [6, 6.07) is 6.88. The molecule has 0 heterocycles. The number of carboxylic acids is 1. The van der Waals surface area contributed by atoms with E-state index in [1.54, 1.807) is 24.3 Å². The fraction of sp³-hybridized carbons (Fsp3) is 0.333. The van der Waals surface area contributed by atoms with Gasteiger partial charge in [0.25, 0.3) is 0 Å². The van der Waals surface area contributed by atoms with Gasteiger partial charge in [-0.2, -0.15) is 12.6 Å². The highest BCUT2D eigenvalue weighted by Crippen LogP contribution is 2.18. The van der Waals surface area contributed by atoms with Gasteiger partial charge in [-0.3, -0.25) is 9.59 Å². The van der Waals surface area contributed by atoms with Crippen LogP contribution in [0.5, 0.6) is 0 Å². The minimum atomic E-state index is -0.963. The fourth-order valence-electron chi connectivity index (χ4n) is 1.43. The van der Waals surface area contributed by atoms with Crippen molar-refractivity contribution in [2.24, 2.45) is 0 Å². The van der Waals surface area contributed by atoms with Crippen LogP contribution in [0.25, 0.3) is 0 Å². The number of carbonyl (C=O) groups is 2. The summed E-state index contributed by atoms with van der Waals surface area (Å²) < 4.78 is 0. The van der Waals surface area contributed by atoms with Gasteiger partial charge in [-0.15, -0.1) is 0 Å². The predicted octanol–water partition coefficient (Wildman–Crippen LogP) is 2.07. The first-order valence-electron chi connectivity index (χ1n) is 5.26. The molecule has 0 radical (unpaired) electrons. The summed E-state index contributed by atoms with van der Waals surface area (Å²) in [7, 11) is 0. The normalized spacial score (nSPS) is 11.9. The van der Waals surface area contributed by atoms with Crippen LogP contribution in [0.15, 0.2) is 24.3 Å². The number of aliphatic carboxylic acids is 1. The first-order valence-corrected chi connectivity index (χ1v) is 5.78. The van der Waals surface area contributed by atoms with Crippen LogP contribution in [-0.4, -0.2) is 28.7 Å². The van der Waals surface area contributed by atoms with E-state index in [-0.39, 0.29) is 17.6 Å². The van der Waals surface area contributed by atoms with E-state index in [4.69, 9.17) is 5.11 Å². The fourth-order valence-corrected chi connectivity index (χ4v) is 1.60. The molecule has 1 rings (SSSR count). The van der Waals surface area contributed by atoms with Gasteiger partial charge in [-0.25, -0.2) is 0 Å². The number of Topliss-reactive ketones (excluding diaryl/α,β-unsaturated/α-hetero) is 1. The Morgan fingerprint density at radius 1 is 1.41 bits per heavy atom. The second-order valence-electron chi connectivity index (χ2n) is 3.77. The van der Waals surface area contributed by atoms with E-state index in [2.05, 4.69) is 17.9 Å². The number of thiol groups is 1. The van der Waals surface area contributed by atoms with Gasteiger partial charge in [0.15, 0.2) is 5.78 Å². The Kier molecular flexibility index (Phi) is 5.03. The standard InChI is InChI=1S/C12H15NO3S/c1-8(17)6-11(14)9-4-2-3-5-10(9)13-7-12(15)16/h2-5,8,13,17H,6-7H2,1H3,(H,15,16). The molecule has 0 aromatic heterocycles. The second-order valence-corrected chi connectivity index (χ2v) is 4.65.